The smallest absolute Gasteiger partial charge is 0.211 e. The summed E-state index contributed by atoms with van der Waals surface area (Å²) in [5.74, 6) is 0. The van der Waals surface area contributed by atoms with Crippen molar-refractivity contribution in [1.82, 2.24) is 15.5 Å². The molecule has 2 fully saturated rings. The van der Waals surface area contributed by atoms with Gasteiger partial charge in [0.2, 0.25) is 12.8 Å². The second kappa shape index (κ2) is 11.1. The lowest BCUT2D eigenvalue weighted by Crippen LogP contribution is -2.33. The number of carbonyl (C=O) groups is 2. The lowest BCUT2D eigenvalue weighted by atomic mass is 10.1. The highest BCUT2D eigenvalue weighted by Gasteiger charge is 2.36. The molecule has 6 heteroatoms. The minimum atomic E-state index is 0.0417. The van der Waals surface area contributed by atoms with Gasteiger partial charge in [-0.05, 0) is 58.2 Å². The molecule has 2 unspecified atom stereocenters. The topological polar surface area (TPSA) is 70.7 Å². The van der Waals surface area contributed by atoms with Crippen LogP contribution in [0.2, 0.25) is 0 Å². The van der Waals surface area contributed by atoms with Crippen LogP contribution in [-0.4, -0.2) is 55.6 Å². The molecule has 1 aromatic rings. The molecule has 2 aliphatic heterocycles. The van der Waals surface area contributed by atoms with E-state index in [4.69, 9.17) is 4.74 Å². The van der Waals surface area contributed by atoms with Crippen LogP contribution < -0.4 is 21.1 Å². The Morgan fingerprint density at radius 3 is 2.59 bits per heavy atom. The van der Waals surface area contributed by atoms with Gasteiger partial charge in [0.1, 0.15) is 0 Å². The maximum atomic E-state index is 10.4. The largest absolute Gasteiger partial charge is 0.379 e. The quantitative estimate of drug-likeness (QED) is 0.745. The summed E-state index contributed by atoms with van der Waals surface area (Å²) in [5.41, 5.74) is 1.08. The Labute approximate surface area is 174 Å². The molecule has 3 aliphatic rings. The van der Waals surface area contributed by atoms with E-state index < -0.39 is 0 Å². The van der Waals surface area contributed by atoms with Crippen molar-refractivity contribution in [2.24, 2.45) is 0 Å². The van der Waals surface area contributed by atoms with Gasteiger partial charge in [-0.15, -0.1) is 0 Å². The standard InChI is InChI=1S/C11H11NO.C7H12N2O.C5H12O/c13-8-12-11-7-3-5-9-4-1-2-6-10(9)11;10-5-9-4-2-6-7(9)1-3-8-6;1-5(2,3)6-4/h1-2,4-6,8H,3,7H2,(H,12,13);5-8H,1-4H2;1-4H3. The molecular formula is C23H35N3O3. The van der Waals surface area contributed by atoms with Crippen LogP contribution in [0.15, 0.2) is 24.3 Å². The first-order valence-electron chi connectivity index (χ1n) is 10.4. The monoisotopic (exact) mass is 401 g/mol. The Morgan fingerprint density at radius 2 is 1.93 bits per heavy atom. The predicted molar refractivity (Wildman–Crippen MR) is 116 cm³/mol. The lowest BCUT2D eigenvalue weighted by molar-refractivity contribution is -0.118. The van der Waals surface area contributed by atoms with Gasteiger partial charge in [0.15, 0.2) is 0 Å². The third kappa shape index (κ3) is 6.98. The highest BCUT2D eigenvalue weighted by atomic mass is 16.5. The zero-order valence-electron chi connectivity index (χ0n) is 18.1. The Kier molecular flexibility index (Phi) is 8.86. The fourth-order valence-electron chi connectivity index (χ4n) is 3.71. The van der Waals surface area contributed by atoms with Gasteiger partial charge in [-0.1, -0.05) is 30.3 Å². The first kappa shape index (κ1) is 23.1. The number of hydrogen-bond donors (Lipinski definition) is 2. The third-order valence-corrected chi connectivity index (χ3v) is 5.46. The molecule has 0 spiro atoms. The van der Waals surface area contributed by atoms with Gasteiger partial charge in [0.25, 0.3) is 0 Å². The van der Waals surface area contributed by atoms with E-state index in [1.807, 2.05) is 43.9 Å². The number of amides is 2. The minimum absolute atomic E-state index is 0.0417. The molecule has 0 aromatic heterocycles. The third-order valence-electron chi connectivity index (χ3n) is 5.46. The minimum Gasteiger partial charge on any atom is -0.379 e. The van der Waals surface area contributed by atoms with E-state index in [1.54, 1.807) is 7.11 Å². The van der Waals surface area contributed by atoms with E-state index in [9.17, 15) is 9.59 Å². The molecule has 29 heavy (non-hydrogen) atoms. The summed E-state index contributed by atoms with van der Waals surface area (Å²) < 4.78 is 4.94. The van der Waals surface area contributed by atoms with Gasteiger partial charge in [-0.25, -0.2) is 0 Å². The van der Waals surface area contributed by atoms with Crippen molar-refractivity contribution in [3.63, 3.8) is 0 Å². The van der Waals surface area contributed by atoms with E-state index in [1.165, 1.54) is 5.22 Å². The first-order valence-corrected chi connectivity index (χ1v) is 10.4. The van der Waals surface area contributed by atoms with Crippen LogP contribution in [0.5, 0.6) is 0 Å². The zero-order chi connectivity index (χ0) is 21.3. The van der Waals surface area contributed by atoms with E-state index in [2.05, 4.69) is 22.8 Å². The van der Waals surface area contributed by atoms with Crippen LogP contribution in [0.25, 0.3) is 11.8 Å². The highest BCUT2D eigenvalue weighted by Crippen LogP contribution is 2.22. The molecule has 1 aliphatic carbocycles. The van der Waals surface area contributed by atoms with Crippen LogP contribution in [0.4, 0.5) is 0 Å². The summed E-state index contributed by atoms with van der Waals surface area (Å²) in [7, 11) is 1.71. The molecule has 2 N–H and O–H groups in total. The molecule has 160 valence electrons. The number of rotatable bonds is 3. The first-order chi connectivity index (χ1) is 13.9. The van der Waals surface area contributed by atoms with Gasteiger partial charge in [0, 0.05) is 36.7 Å². The van der Waals surface area contributed by atoms with Crippen molar-refractivity contribution in [3.05, 3.63) is 34.7 Å². The number of methoxy groups -OCH3 is 1. The summed E-state index contributed by atoms with van der Waals surface area (Å²) in [6.45, 7) is 8.10. The number of ether oxygens (including phenoxy) is 1. The Hall–Kier alpha value is -2.18. The van der Waals surface area contributed by atoms with E-state index in [0.717, 1.165) is 62.5 Å². The maximum Gasteiger partial charge on any atom is 0.211 e. The molecule has 2 amide bonds. The number of carbonyl (C=O) groups excluding carboxylic acids is 2. The van der Waals surface area contributed by atoms with Crippen LogP contribution in [-0.2, 0) is 14.3 Å². The van der Waals surface area contributed by atoms with Gasteiger partial charge in [-0.3, -0.25) is 9.59 Å². The molecule has 2 atom stereocenters. The molecule has 0 saturated carbocycles. The molecule has 6 nitrogen and oxygen atoms in total. The Bertz CT molecular complexity index is 785. The number of fused-ring (bicyclic) bond motifs is 2. The summed E-state index contributed by atoms with van der Waals surface area (Å²) in [6, 6.07) is 9.23. The molecule has 0 bridgehead atoms. The Morgan fingerprint density at radius 1 is 1.21 bits per heavy atom. The number of hydrogen-bond acceptors (Lipinski definition) is 4. The number of benzene rings is 1. The molecule has 2 heterocycles. The van der Waals surface area contributed by atoms with E-state index in [0.29, 0.717) is 12.1 Å². The SMILES string of the molecule is COC(C)(C)C.O=CN1CCC2NCCC21.O=CNC1=c2ccccc2=CCC1. The second-order valence-corrected chi connectivity index (χ2v) is 8.44. The van der Waals surface area contributed by atoms with Crippen molar-refractivity contribution in [1.29, 1.82) is 0 Å². The molecular weight excluding hydrogens is 366 g/mol. The number of nitrogens with one attached hydrogen (secondary N) is 2. The summed E-state index contributed by atoms with van der Waals surface area (Å²) in [5, 5.41) is 8.51. The molecule has 0 radical (unpaired) electrons. The summed E-state index contributed by atoms with van der Waals surface area (Å²) >= 11 is 0. The lowest BCUT2D eigenvalue weighted by Gasteiger charge is -2.16. The van der Waals surface area contributed by atoms with Gasteiger partial charge in [-0.2, -0.15) is 0 Å². The molecule has 4 rings (SSSR count). The van der Waals surface area contributed by atoms with E-state index in [-0.39, 0.29) is 5.60 Å². The van der Waals surface area contributed by atoms with Crippen molar-refractivity contribution < 1.29 is 14.3 Å². The van der Waals surface area contributed by atoms with Crippen molar-refractivity contribution >= 4 is 24.6 Å². The van der Waals surface area contributed by atoms with Crippen LogP contribution in [0, 0.1) is 0 Å². The number of likely N-dealkylation sites (tertiary alicyclic amines) is 1. The molecule has 2 saturated heterocycles. The zero-order valence-corrected chi connectivity index (χ0v) is 18.1. The van der Waals surface area contributed by atoms with Crippen LogP contribution in [0.1, 0.15) is 46.5 Å². The maximum absolute atomic E-state index is 10.4. The van der Waals surface area contributed by atoms with Crippen LogP contribution in [0.3, 0.4) is 0 Å². The van der Waals surface area contributed by atoms with Gasteiger partial charge in [0.05, 0.1) is 5.60 Å². The van der Waals surface area contributed by atoms with Crippen molar-refractivity contribution in [3.8, 4) is 0 Å². The fraction of sp³-hybridized carbons (Fsp3) is 0.565. The summed E-state index contributed by atoms with van der Waals surface area (Å²) in [4.78, 5) is 22.7. The average Bonchev–Trinajstić information content (AvgIpc) is 3.33. The predicted octanol–water partition coefficient (Wildman–Crippen LogP) is 1.13. The molecule has 1 aromatic carbocycles. The Balaban J connectivity index is 0.000000167. The van der Waals surface area contributed by atoms with Crippen molar-refractivity contribution in [2.45, 2.75) is 64.1 Å². The van der Waals surface area contributed by atoms with Gasteiger partial charge < -0.3 is 20.3 Å². The van der Waals surface area contributed by atoms with Crippen molar-refractivity contribution in [2.75, 3.05) is 20.2 Å². The normalized spacial score (nSPS) is 22.1. The fourth-order valence-corrected chi connectivity index (χ4v) is 3.71. The highest BCUT2D eigenvalue weighted by molar-refractivity contribution is 5.64. The average molecular weight is 402 g/mol. The van der Waals surface area contributed by atoms with Gasteiger partial charge >= 0.3 is 0 Å². The van der Waals surface area contributed by atoms with E-state index >= 15 is 0 Å². The number of nitrogens with zero attached hydrogens (tertiary/aromatic N) is 1. The summed E-state index contributed by atoms with van der Waals surface area (Å²) in [6.07, 6.45) is 8.15. The second-order valence-electron chi connectivity index (χ2n) is 8.44. The van der Waals surface area contributed by atoms with Crippen LogP contribution >= 0.6 is 0 Å².